The summed E-state index contributed by atoms with van der Waals surface area (Å²) in [6.07, 6.45) is 1.14. The Morgan fingerprint density at radius 3 is 2.82 bits per heavy atom. The normalized spacial score (nSPS) is 12.9. The molecule has 4 heteroatoms. The second kappa shape index (κ2) is 6.01. The maximum atomic E-state index is 6.16. The average molecular weight is 286 g/mol. The van der Waals surface area contributed by atoms with E-state index in [1.165, 1.54) is 16.0 Å². The average Bonchev–Trinajstić information content (AvgIpc) is 2.92. The van der Waals surface area contributed by atoms with Crippen molar-refractivity contribution < 1.29 is 0 Å². The summed E-state index contributed by atoms with van der Waals surface area (Å²) in [7, 11) is 0. The van der Waals surface area contributed by atoms with Gasteiger partial charge in [0.25, 0.3) is 0 Å². The van der Waals surface area contributed by atoms with Gasteiger partial charge in [-0.3, -0.25) is 0 Å². The third-order valence-corrected chi connectivity index (χ3v) is 4.96. The fourth-order valence-electron chi connectivity index (χ4n) is 1.74. The molecule has 0 aliphatic carbocycles. The van der Waals surface area contributed by atoms with Crippen molar-refractivity contribution in [3.05, 3.63) is 43.2 Å². The van der Waals surface area contributed by atoms with Crippen LogP contribution in [0.25, 0.3) is 0 Å². The predicted molar refractivity (Wildman–Crippen MR) is 78.5 cm³/mol. The van der Waals surface area contributed by atoms with Gasteiger partial charge in [-0.15, -0.1) is 11.3 Å². The summed E-state index contributed by atoms with van der Waals surface area (Å²) in [5, 5.41) is 7.91. The van der Waals surface area contributed by atoms with Crippen LogP contribution in [0.5, 0.6) is 0 Å². The van der Waals surface area contributed by atoms with Crippen LogP contribution in [0.2, 0.25) is 4.34 Å². The molecule has 0 saturated heterocycles. The molecule has 17 heavy (non-hydrogen) atoms. The van der Waals surface area contributed by atoms with Crippen LogP contribution < -0.4 is 5.32 Å². The van der Waals surface area contributed by atoms with Gasteiger partial charge in [0.15, 0.2) is 0 Å². The molecule has 0 radical (unpaired) electrons. The second-order valence-corrected chi connectivity index (χ2v) is 6.52. The Bertz CT molecular complexity index is 442. The van der Waals surface area contributed by atoms with Gasteiger partial charge < -0.3 is 5.32 Å². The molecule has 2 aromatic rings. The van der Waals surface area contributed by atoms with E-state index < -0.39 is 0 Å². The Hall–Kier alpha value is -0.350. The van der Waals surface area contributed by atoms with Gasteiger partial charge in [0.05, 0.1) is 10.4 Å². The molecule has 2 heterocycles. The number of aryl methyl sites for hydroxylation is 1. The smallest absolute Gasteiger partial charge is 0.0961 e. The molecule has 0 aliphatic rings. The first-order valence-corrected chi connectivity index (χ1v) is 7.87. The van der Waals surface area contributed by atoms with Gasteiger partial charge in [0, 0.05) is 4.88 Å². The van der Waals surface area contributed by atoms with E-state index in [1.807, 2.05) is 0 Å². The van der Waals surface area contributed by atoms with E-state index in [0.717, 1.165) is 17.3 Å². The minimum atomic E-state index is 0.289. The Balaban J connectivity index is 2.26. The maximum Gasteiger partial charge on any atom is 0.0961 e. The van der Waals surface area contributed by atoms with E-state index in [4.69, 9.17) is 11.6 Å². The highest BCUT2D eigenvalue weighted by atomic mass is 35.5. The van der Waals surface area contributed by atoms with Crippen LogP contribution in [-0.2, 0) is 0 Å². The van der Waals surface area contributed by atoms with Gasteiger partial charge in [0.2, 0.25) is 0 Å². The van der Waals surface area contributed by atoms with Crippen molar-refractivity contribution in [3.63, 3.8) is 0 Å². The zero-order chi connectivity index (χ0) is 12.3. The van der Waals surface area contributed by atoms with E-state index in [2.05, 4.69) is 42.1 Å². The van der Waals surface area contributed by atoms with E-state index in [1.54, 1.807) is 22.7 Å². The zero-order valence-electron chi connectivity index (χ0n) is 10.00. The van der Waals surface area contributed by atoms with Crippen molar-refractivity contribution in [1.82, 2.24) is 5.32 Å². The first kappa shape index (κ1) is 13.1. The summed E-state index contributed by atoms with van der Waals surface area (Å²) in [5.74, 6) is 0. The number of rotatable bonds is 5. The Kier molecular flexibility index (Phi) is 4.62. The van der Waals surface area contributed by atoms with Gasteiger partial charge in [-0.25, -0.2) is 0 Å². The van der Waals surface area contributed by atoms with Crippen LogP contribution in [-0.4, -0.2) is 6.54 Å². The fraction of sp³-hybridized carbons (Fsp3) is 0.385. The van der Waals surface area contributed by atoms with Gasteiger partial charge in [-0.05, 0) is 53.9 Å². The Morgan fingerprint density at radius 1 is 1.47 bits per heavy atom. The summed E-state index contributed by atoms with van der Waals surface area (Å²) in [6.45, 7) is 5.27. The largest absolute Gasteiger partial charge is 0.306 e. The molecule has 1 nitrogen and oxygen atoms in total. The molecule has 0 amide bonds. The second-order valence-electron chi connectivity index (χ2n) is 4.05. The van der Waals surface area contributed by atoms with Crippen LogP contribution in [0.15, 0.2) is 22.9 Å². The number of nitrogens with one attached hydrogen (secondary N) is 1. The summed E-state index contributed by atoms with van der Waals surface area (Å²) >= 11 is 9.58. The lowest BCUT2D eigenvalue weighted by Gasteiger charge is -2.15. The Morgan fingerprint density at radius 2 is 2.29 bits per heavy atom. The van der Waals surface area contributed by atoms with E-state index in [0.29, 0.717) is 0 Å². The van der Waals surface area contributed by atoms with E-state index in [-0.39, 0.29) is 6.04 Å². The van der Waals surface area contributed by atoms with Crippen LogP contribution in [0.4, 0.5) is 0 Å². The van der Waals surface area contributed by atoms with Crippen molar-refractivity contribution in [3.8, 4) is 0 Å². The molecule has 1 N–H and O–H groups in total. The van der Waals surface area contributed by atoms with Crippen molar-refractivity contribution in [2.75, 3.05) is 6.54 Å². The SMILES string of the molecule is CCCNC(c1ccsc1)c1cc(C)c(Cl)s1. The van der Waals surface area contributed by atoms with Crippen molar-refractivity contribution >= 4 is 34.3 Å². The highest BCUT2D eigenvalue weighted by Gasteiger charge is 2.17. The van der Waals surface area contributed by atoms with Gasteiger partial charge >= 0.3 is 0 Å². The van der Waals surface area contributed by atoms with Crippen LogP contribution >= 0.6 is 34.3 Å². The highest BCUT2D eigenvalue weighted by molar-refractivity contribution is 7.16. The maximum absolute atomic E-state index is 6.16. The molecule has 0 aromatic carbocycles. The van der Waals surface area contributed by atoms with Gasteiger partial charge in [-0.1, -0.05) is 18.5 Å². The zero-order valence-corrected chi connectivity index (χ0v) is 12.4. The van der Waals surface area contributed by atoms with Crippen LogP contribution in [0, 0.1) is 6.92 Å². The van der Waals surface area contributed by atoms with E-state index >= 15 is 0 Å². The summed E-state index contributed by atoms with van der Waals surface area (Å²) in [6, 6.07) is 4.66. The number of hydrogen-bond donors (Lipinski definition) is 1. The first-order valence-electron chi connectivity index (χ1n) is 5.73. The van der Waals surface area contributed by atoms with Gasteiger partial charge in [0.1, 0.15) is 0 Å². The molecule has 0 aliphatic heterocycles. The lowest BCUT2D eigenvalue weighted by molar-refractivity contribution is 0.607. The number of thiophene rings is 2. The van der Waals surface area contributed by atoms with Crippen molar-refractivity contribution in [1.29, 1.82) is 0 Å². The quantitative estimate of drug-likeness (QED) is 0.827. The van der Waals surface area contributed by atoms with E-state index in [9.17, 15) is 0 Å². The molecule has 0 saturated carbocycles. The molecule has 0 spiro atoms. The molecule has 0 fully saturated rings. The lowest BCUT2D eigenvalue weighted by atomic mass is 10.1. The third-order valence-electron chi connectivity index (χ3n) is 2.64. The first-order chi connectivity index (χ1) is 8.22. The monoisotopic (exact) mass is 285 g/mol. The summed E-state index contributed by atoms with van der Waals surface area (Å²) in [5.41, 5.74) is 2.51. The Labute approximate surface area is 115 Å². The molecule has 92 valence electrons. The number of hydrogen-bond acceptors (Lipinski definition) is 3. The van der Waals surface area contributed by atoms with Gasteiger partial charge in [-0.2, -0.15) is 11.3 Å². The molecule has 0 bridgehead atoms. The molecular weight excluding hydrogens is 270 g/mol. The van der Waals surface area contributed by atoms with Crippen LogP contribution in [0.3, 0.4) is 0 Å². The molecule has 1 atom stereocenters. The standard InChI is InChI=1S/C13H16ClNS2/c1-3-5-15-12(10-4-6-16-8-10)11-7-9(2)13(14)17-11/h4,6-8,12,15H,3,5H2,1-2H3. The minimum Gasteiger partial charge on any atom is -0.306 e. The van der Waals surface area contributed by atoms with Crippen molar-refractivity contribution in [2.24, 2.45) is 0 Å². The number of halogens is 1. The summed E-state index contributed by atoms with van der Waals surface area (Å²) < 4.78 is 0.901. The third kappa shape index (κ3) is 3.10. The molecule has 2 aromatic heterocycles. The fourth-order valence-corrected chi connectivity index (χ4v) is 3.74. The predicted octanol–water partition coefficient (Wildman–Crippen LogP) is 4.86. The minimum absolute atomic E-state index is 0.289. The highest BCUT2D eigenvalue weighted by Crippen LogP contribution is 2.34. The molecule has 1 unspecified atom stereocenters. The van der Waals surface area contributed by atoms with Crippen molar-refractivity contribution in [2.45, 2.75) is 26.3 Å². The molecular formula is C13H16ClNS2. The topological polar surface area (TPSA) is 12.0 Å². The van der Waals surface area contributed by atoms with Crippen LogP contribution in [0.1, 0.15) is 35.4 Å². The summed E-state index contributed by atoms with van der Waals surface area (Å²) in [4.78, 5) is 1.30. The molecule has 2 rings (SSSR count). The lowest BCUT2D eigenvalue weighted by Crippen LogP contribution is -2.21.